The van der Waals surface area contributed by atoms with Crippen molar-refractivity contribution in [1.82, 2.24) is 4.98 Å². The lowest BCUT2D eigenvalue weighted by molar-refractivity contribution is 0.397. The molecule has 0 amide bonds. The van der Waals surface area contributed by atoms with Gasteiger partial charge in [-0.1, -0.05) is 0 Å². The average Bonchev–Trinajstić information content (AvgIpc) is 2.50. The van der Waals surface area contributed by atoms with Crippen LogP contribution in [0.25, 0.3) is 0 Å². The molecule has 11 heavy (non-hydrogen) atoms. The molecule has 1 heterocycles. The maximum atomic E-state index is 5.57. The molecule has 0 aromatic carbocycles. The molecule has 3 heteroatoms. The van der Waals surface area contributed by atoms with Crippen molar-refractivity contribution in [3.05, 3.63) is 17.8 Å². The van der Waals surface area contributed by atoms with Crippen LogP contribution < -0.4 is 5.73 Å². The second-order valence-electron chi connectivity index (χ2n) is 3.07. The maximum Gasteiger partial charge on any atom is 0.181 e. The second kappa shape index (κ2) is 2.66. The van der Waals surface area contributed by atoms with Crippen molar-refractivity contribution in [3.8, 4) is 0 Å². The normalized spacial score (nSPS) is 23.2. The molecule has 3 nitrogen and oxygen atoms in total. The first-order chi connectivity index (χ1) is 5.40. The largest absolute Gasteiger partial charge is 0.448 e. The zero-order valence-electron chi connectivity index (χ0n) is 6.42. The summed E-state index contributed by atoms with van der Waals surface area (Å²) in [5.41, 5.74) is 6.70. The van der Waals surface area contributed by atoms with Crippen LogP contribution in [0.15, 0.2) is 10.8 Å². The molecular weight excluding hydrogens is 140 g/mol. The molecule has 0 bridgehead atoms. The summed E-state index contributed by atoms with van der Waals surface area (Å²) in [5.74, 6) is 1.65. The van der Waals surface area contributed by atoms with Gasteiger partial charge in [0.1, 0.15) is 5.76 Å². The van der Waals surface area contributed by atoms with E-state index >= 15 is 0 Å². The highest BCUT2D eigenvalue weighted by Crippen LogP contribution is 2.23. The SMILES string of the molecule is NCC1CCc2ncoc2C1. The Morgan fingerprint density at radius 2 is 2.64 bits per heavy atom. The van der Waals surface area contributed by atoms with Crippen LogP contribution in [0.5, 0.6) is 0 Å². The van der Waals surface area contributed by atoms with Gasteiger partial charge >= 0.3 is 0 Å². The van der Waals surface area contributed by atoms with E-state index in [1.807, 2.05) is 0 Å². The van der Waals surface area contributed by atoms with E-state index < -0.39 is 0 Å². The molecular formula is C8H12N2O. The summed E-state index contributed by atoms with van der Waals surface area (Å²) in [6.07, 6.45) is 4.71. The Kier molecular flexibility index (Phi) is 1.66. The Hall–Kier alpha value is -0.830. The van der Waals surface area contributed by atoms with E-state index in [0.29, 0.717) is 5.92 Å². The lowest BCUT2D eigenvalue weighted by atomic mass is 9.91. The number of oxazole rings is 1. The minimum Gasteiger partial charge on any atom is -0.448 e. The second-order valence-corrected chi connectivity index (χ2v) is 3.07. The van der Waals surface area contributed by atoms with Gasteiger partial charge in [-0.25, -0.2) is 4.98 Å². The number of fused-ring (bicyclic) bond motifs is 1. The third kappa shape index (κ3) is 1.16. The van der Waals surface area contributed by atoms with Crippen molar-refractivity contribution < 1.29 is 4.42 Å². The summed E-state index contributed by atoms with van der Waals surface area (Å²) in [5, 5.41) is 0. The fourth-order valence-electron chi connectivity index (χ4n) is 1.57. The number of hydrogen-bond donors (Lipinski definition) is 1. The van der Waals surface area contributed by atoms with Crippen LogP contribution in [0.1, 0.15) is 17.9 Å². The van der Waals surface area contributed by atoms with Gasteiger partial charge in [0.15, 0.2) is 6.39 Å². The summed E-state index contributed by atoms with van der Waals surface area (Å²) in [4.78, 5) is 4.12. The van der Waals surface area contributed by atoms with Crippen LogP contribution in [-0.4, -0.2) is 11.5 Å². The topological polar surface area (TPSA) is 52.0 Å². The standard InChI is InChI=1S/C8H12N2O/c9-4-6-1-2-7-8(3-6)11-5-10-7/h5-6H,1-4,9H2. The first-order valence-electron chi connectivity index (χ1n) is 4.01. The Labute approximate surface area is 65.6 Å². The fourth-order valence-corrected chi connectivity index (χ4v) is 1.57. The van der Waals surface area contributed by atoms with Crippen molar-refractivity contribution in [2.45, 2.75) is 19.3 Å². The monoisotopic (exact) mass is 152 g/mol. The van der Waals surface area contributed by atoms with E-state index in [1.54, 1.807) is 0 Å². The average molecular weight is 152 g/mol. The zero-order valence-corrected chi connectivity index (χ0v) is 6.42. The van der Waals surface area contributed by atoms with Gasteiger partial charge in [-0.05, 0) is 25.3 Å². The highest BCUT2D eigenvalue weighted by molar-refractivity contribution is 5.11. The minimum absolute atomic E-state index is 0.607. The van der Waals surface area contributed by atoms with Crippen molar-refractivity contribution in [1.29, 1.82) is 0 Å². The molecule has 0 saturated carbocycles. The Morgan fingerprint density at radius 3 is 3.45 bits per heavy atom. The Balaban J connectivity index is 2.18. The molecule has 1 aromatic heterocycles. The molecule has 60 valence electrons. The molecule has 0 spiro atoms. The van der Waals surface area contributed by atoms with Gasteiger partial charge in [-0.3, -0.25) is 0 Å². The van der Waals surface area contributed by atoms with Crippen molar-refractivity contribution in [3.63, 3.8) is 0 Å². The quantitative estimate of drug-likeness (QED) is 0.645. The van der Waals surface area contributed by atoms with Crippen molar-refractivity contribution in [2.24, 2.45) is 11.7 Å². The van der Waals surface area contributed by atoms with E-state index in [0.717, 1.165) is 37.3 Å². The summed E-state index contributed by atoms with van der Waals surface area (Å²) < 4.78 is 5.22. The van der Waals surface area contributed by atoms with E-state index in [9.17, 15) is 0 Å². The highest BCUT2D eigenvalue weighted by Gasteiger charge is 2.20. The molecule has 0 radical (unpaired) electrons. The molecule has 1 aliphatic carbocycles. The Bertz CT molecular complexity index is 244. The van der Waals surface area contributed by atoms with Gasteiger partial charge in [0.05, 0.1) is 5.69 Å². The predicted octanol–water partition coefficient (Wildman–Crippen LogP) is 0.738. The highest BCUT2D eigenvalue weighted by atomic mass is 16.3. The lowest BCUT2D eigenvalue weighted by Crippen LogP contribution is -2.21. The molecule has 2 N–H and O–H groups in total. The van der Waals surface area contributed by atoms with Crippen LogP contribution >= 0.6 is 0 Å². The number of nitrogens with two attached hydrogens (primary N) is 1. The van der Waals surface area contributed by atoms with Gasteiger partial charge in [-0.2, -0.15) is 0 Å². The smallest absolute Gasteiger partial charge is 0.181 e. The predicted molar refractivity (Wildman–Crippen MR) is 41.1 cm³/mol. The van der Waals surface area contributed by atoms with Crippen LogP contribution in [-0.2, 0) is 12.8 Å². The molecule has 2 rings (SSSR count). The molecule has 1 aliphatic rings. The fraction of sp³-hybridized carbons (Fsp3) is 0.625. The number of hydrogen-bond acceptors (Lipinski definition) is 3. The summed E-state index contributed by atoms with van der Waals surface area (Å²) in [7, 11) is 0. The third-order valence-electron chi connectivity index (χ3n) is 2.32. The molecule has 0 fully saturated rings. The first kappa shape index (κ1) is 6.85. The minimum atomic E-state index is 0.607. The lowest BCUT2D eigenvalue weighted by Gasteiger charge is -2.17. The van der Waals surface area contributed by atoms with Crippen LogP contribution in [0.4, 0.5) is 0 Å². The first-order valence-corrected chi connectivity index (χ1v) is 4.01. The van der Waals surface area contributed by atoms with Crippen LogP contribution in [0.2, 0.25) is 0 Å². The van der Waals surface area contributed by atoms with Gasteiger partial charge in [0.2, 0.25) is 0 Å². The maximum absolute atomic E-state index is 5.57. The van der Waals surface area contributed by atoms with Gasteiger partial charge in [0, 0.05) is 6.42 Å². The van der Waals surface area contributed by atoms with E-state index in [-0.39, 0.29) is 0 Å². The van der Waals surface area contributed by atoms with E-state index in [4.69, 9.17) is 10.2 Å². The van der Waals surface area contributed by atoms with Crippen molar-refractivity contribution in [2.75, 3.05) is 6.54 Å². The molecule has 1 unspecified atom stereocenters. The van der Waals surface area contributed by atoms with Gasteiger partial charge < -0.3 is 10.2 Å². The van der Waals surface area contributed by atoms with Crippen LogP contribution in [0.3, 0.4) is 0 Å². The van der Waals surface area contributed by atoms with E-state index in [1.165, 1.54) is 6.39 Å². The number of aryl methyl sites for hydroxylation is 1. The summed E-state index contributed by atoms with van der Waals surface area (Å²) in [6, 6.07) is 0. The molecule has 0 aliphatic heterocycles. The van der Waals surface area contributed by atoms with Gasteiger partial charge in [0.25, 0.3) is 0 Å². The Morgan fingerprint density at radius 1 is 1.73 bits per heavy atom. The molecule has 1 atom stereocenters. The molecule has 1 aromatic rings. The van der Waals surface area contributed by atoms with E-state index in [2.05, 4.69) is 4.98 Å². The third-order valence-corrected chi connectivity index (χ3v) is 2.32. The zero-order chi connectivity index (χ0) is 7.68. The molecule has 0 saturated heterocycles. The van der Waals surface area contributed by atoms with Crippen molar-refractivity contribution >= 4 is 0 Å². The summed E-state index contributed by atoms with van der Waals surface area (Å²) in [6.45, 7) is 0.764. The van der Waals surface area contributed by atoms with Crippen LogP contribution in [0, 0.1) is 5.92 Å². The number of rotatable bonds is 1. The number of aromatic nitrogens is 1. The number of nitrogens with zero attached hydrogens (tertiary/aromatic N) is 1. The summed E-state index contributed by atoms with van der Waals surface area (Å²) >= 11 is 0. The van der Waals surface area contributed by atoms with Gasteiger partial charge in [-0.15, -0.1) is 0 Å².